The van der Waals surface area contributed by atoms with E-state index >= 15 is 0 Å². The first-order valence-corrected chi connectivity index (χ1v) is 7.86. The van der Waals surface area contributed by atoms with Crippen molar-refractivity contribution in [3.05, 3.63) is 68.8 Å². The normalized spacial score (nSPS) is 15.5. The summed E-state index contributed by atoms with van der Waals surface area (Å²) in [4.78, 5) is 16.3. The molecule has 0 saturated heterocycles. The van der Waals surface area contributed by atoms with E-state index in [9.17, 15) is 4.79 Å². The Morgan fingerprint density at radius 1 is 1.26 bits per heavy atom. The standard InChI is InChI=1S/C17H11BrClNO3/c1-22-15-7-6-11(18)8-10(15)9-14-17(21)23-16(20-14)12-4-2-3-5-13(12)19/h2-9H,1H3/b14-9-. The smallest absolute Gasteiger partial charge is 0.363 e. The van der Waals surface area contributed by atoms with Crippen LogP contribution in [0, 0.1) is 0 Å². The van der Waals surface area contributed by atoms with E-state index in [0.29, 0.717) is 16.3 Å². The number of ether oxygens (including phenoxy) is 2. The molecule has 0 aliphatic carbocycles. The van der Waals surface area contributed by atoms with Crippen LogP contribution in [0.5, 0.6) is 5.75 Å². The third-order valence-electron chi connectivity index (χ3n) is 3.21. The van der Waals surface area contributed by atoms with E-state index in [1.165, 1.54) is 0 Å². The van der Waals surface area contributed by atoms with E-state index in [1.54, 1.807) is 43.5 Å². The fraction of sp³-hybridized carbons (Fsp3) is 0.0588. The van der Waals surface area contributed by atoms with Crippen LogP contribution in [0.4, 0.5) is 0 Å². The monoisotopic (exact) mass is 391 g/mol. The van der Waals surface area contributed by atoms with Crippen molar-refractivity contribution < 1.29 is 14.3 Å². The lowest BCUT2D eigenvalue weighted by Gasteiger charge is -2.04. The molecule has 0 aromatic heterocycles. The quantitative estimate of drug-likeness (QED) is 0.572. The first-order chi connectivity index (χ1) is 11.1. The average Bonchev–Trinajstić information content (AvgIpc) is 2.89. The van der Waals surface area contributed by atoms with Gasteiger partial charge in [0, 0.05) is 10.0 Å². The van der Waals surface area contributed by atoms with Crippen LogP contribution < -0.4 is 4.74 Å². The van der Waals surface area contributed by atoms with Crippen LogP contribution in [-0.4, -0.2) is 19.0 Å². The zero-order valence-corrected chi connectivity index (χ0v) is 14.4. The number of cyclic esters (lactones) is 1. The Kier molecular flexibility index (Phi) is 4.50. The van der Waals surface area contributed by atoms with Crippen molar-refractivity contribution in [3.63, 3.8) is 0 Å². The number of methoxy groups -OCH3 is 1. The van der Waals surface area contributed by atoms with Crippen molar-refractivity contribution >= 4 is 45.5 Å². The van der Waals surface area contributed by atoms with Gasteiger partial charge in [0.05, 0.1) is 17.7 Å². The maximum atomic E-state index is 12.1. The van der Waals surface area contributed by atoms with Crippen molar-refractivity contribution in [1.29, 1.82) is 0 Å². The summed E-state index contributed by atoms with van der Waals surface area (Å²) in [6, 6.07) is 12.6. The van der Waals surface area contributed by atoms with Crippen molar-refractivity contribution in [1.82, 2.24) is 0 Å². The number of esters is 1. The average molecular weight is 393 g/mol. The number of carbonyl (C=O) groups excluding carboxylic acids is 1. The summed E-state index contributed by atoms with van der Waals surface area (Å²) in [7, 11) is 1.57. The van der Waals surface area contributed by atoms with Gasteiger partial charge in [-0.25, -0.2) is 9.79 Å². The maximum Gasteiger partial charge on any atom is 0.363 e. The second kappa shape index (κ2) is 6.56. The van der Waals surface area contributed by atoms with Gasteiger partial charge in [-0.05, 0) is 36.4 Å². The third-order valence-corrected chi connectivity index (χ3v) is 4.03. The molecule has 2 aromatic carbocycles. The summed E-state index contributed by atoms with van der Waals surface area (Å²) in [5.74, 6) is 0.303. The molecule has 0 unspecified atom stereocenters. The van der Waals surface area contributed by atoms with E-state index in [0.717, 1.165) is 10.0 Å². The molecule has 1 heterocycles. The number of halogens is 2. The number of hydrogen-bond donors (Lipinski definition) is 0. The topological polar surface area (TPSA) is 47.9 Å². The van der Waals surface area contributed by atoms with Gasteiger partial charge in [-0.3, -0.25) is 0 Å². The van der Waals surface area contributed by atoms with E-state index in [1.807, 2.05) is 12.1 Å². The Morgan fingerprint density at radius 2 is 2.04 bits per heavy atom. The molecule has 0 amide bonds. The van der Waals surface area contributed by atoms with E-state index in [2.05, 4.69) is 20.9 Å². The number of aliphatic imine (C=N–C) groups is 1. The Labute approximate surface area is 146 Å². The fourth-order valence-corrected chi connectivity index (χ4v) is 2.72. The third kappa shape index (κ3) is 3.30. The first kappa shape index (κ1) is 15.8. The first-order valence-electron chi connectivity index (χ1n) is 6.69. The Balaban J connectivity index is 2.02. The summed E-state index contributed by atoms with van der Waals surface area (Å²) >= 11 is 9.50. The lowest BCUT2D eigenvalue weighted by molar-refractivity contribution is -0.129. The molecule has 116 valence electrons. The molecule has 0 atom stereocenters. The summed E-state index contributed by atoms with van der Waals surface area (Å²) in [5, 5.41) is 0.473. The minimum atomic E-state index is -0.526. The number of nitrogens with zero attached hydrogens (tertiary/aromatic N) is 1. The van der Waals surface area contributed by atoms with Crippen molar-refractivity contribution in [2.75, 3.05) is 7.11 Å². The van der Waals surface area contributed by atoms with Gasteiger partial charge in [-0.2, -0.15) is 0 Å². The molecule has 1 aliphatic rings. The molecule has 0 bridgehead atoms. The van der Waals surface area contributed by atoms with Crippen LogP contribution >= 0.6 is 27.5 Å². The minimum Gasteiger partial charge on any atom is -0.496 e. The zero-order valence-electron chi connectivity index (χ0n) is 12.0. The molecule has 2 aromatic rings. The van der Waals surface area contributed by atoms with Gasteiger partial charge in [0.2, 0.25) is 5.90 Å². The van der Waals surface area contributed by atoms with Crippen molar-refractivity contribution in [3.8, 4) is 5.75 Å². The van der Waals surface area contributed by atoms with Gasteiger partial charge in [0.15, 0.2) is 5.70 Å². The Hall–Kier alpha value is -2.11. The summed E-state index contributed by atoms with van der Waals surface area (Å²) in [6.45, 7) is 0. The summed E-state index contributed by atoms with van der Waals surface area (Å²) in [6.07, 6.45) is 1.62. The largest absolute Gasteiger partial charge is 0.496 e. The predicted molar refractivity (Wildman–Crippen MR) is 92.8 cm³/mol. The van der Waals surface area contributed by atoms with Crippen molar-refractivity contribution in [2.45, 2.75) is 0 Å². The van der Waals surface area contributed by atoms with Crippen LogP contribution in [-0.2, 0) is 9.53 Å². The predicted octanol–water partition coefficient (Wildman–Crippen LogP) is 4.46. The molecule has 0 saturated carbocycles. The van der Waals surface area contributed by atoms with Crippen molar-refractivity contribution in [2.24, 2.45) is 4.99 Å². The highest BCUT2D eigenvalue weighted by Crippen LogP contribution is 2.28. The highest BCUT2D eigenvalue weighted by molar-refractivity contribution is 9.10. The molecule has 0 radical (unpaired) electrons. The van der Waals surface area contributed by atoms with Gasteiger partial charge in [-0.1, -0.05) is 39.7 Å². The van der Waals surface area contributed by atoms with Crippen LogP contribution in [0.25, 0.3) is 6.08 Å². The van der Waals surface area contributed by atoms with E-state index < -0.39 is 5.97 Å². The molecule has 3 rings (SSSR count). The van der Waals surface area contributed by atoms with Gasteiger partial charge in [0.1, 0.15) is 5.75 Å². The van der Waals surface area contributed by atoms with Crippen LogP contribution in [0.3, 0.4) is 0 Å². The molecule has 0 N–H and O–H groups in total. The number of hydrogen-bond acceptors (Lipinski definition) is 4. The Bertz CT molecular complexity index is 845. The SMILES string of the molecule is COc1ccc(Br)cc1/C=C1\N=C(c2ccccc2Cl)OC1=O. The maximum absolute atomic E-state index is 12.1. The van der Waals surface area contributed by atoms with E-state index in [4.69, 9.17) is 21.1 Å². The lowest BCUT2D eigenvalue weighted by atomic mass is 10.1. The van der Waals surface area contributed by atoms with Gasteiger partial charge in [0.25, 0.3) is 0 Å². The molecule has 6 heteroatoms. The minimum absolute atomic E-state index is 0.191. The number of carbonyl (C=O) groups is 1. The highest BCUT2D eigenvalue weighted by atomic mass is 79.9. The second-order valence-corrected chi connectivity index (χ2v) is 6.03. The molecular weight excluding hydrogens is 382 g/mol. The molecule has 0 fully saturated rings. The Morgan fingerprint density at radius 3 is 2.78 bits per heavy atom. The van der Waals surface area contributed by atoms with Gasteiger partial charge < -0.3 is 9.47 Å². The second-order valence-electron chi connectivity index (χ2n) is 4.70. The zero-order chi connectivity index (χ0) is 16.4. The fourth-order valence-electron chi connectivity index (χ4n) is 2.12. The lowest BCUT2D eigenvalue weighted by Crippen LogP contribution is -2.05. The molecule has 0 spiro atoms. The molecule has 1 aliphatic heterocycles. The number of benzene rings is 2. The highest BCUT2D eigenvalue weighted by Gasteiger charge is 2.25. The molecular formula is C17H11BrClNO3. The molecule has 23 heavy (non-hydrogen) atoms. The van der Waals surface area contributed by atoms with Gasteiger partial charge in [-0.15, -0.1) is 0 Å². The molecule has 4 nitrogen and oxygen atoms in total. The van der Waals surface area contributed by atoms with Crippen LogP contribution in [0.2, 0.25) is 5.02 Å². The van der Waals surface area contributed by atoms with Crippen LogP contribution in [0.15, 0.2) is 57.6 Å². The van der Waals surface area contributed by atoms with E-state index in [-0.39, 0.29) is 11.6 Å². The summed E-state index contributed by atoms with van der Waals surface area (Å²) < 4.78 is 11.4. The van der Waals surface area contributed by atoms with Crippen LogP contribution in [0.1, 0.15) is 11.1 Å². The summed E-state index contributed by atoms with van der Waals surface area (Å²) in [5.41, 5.74) is 1.49. The number of rotatable bonds is 3. The van der Waals surface area contributed by atoms with Gasteiger partial charge >= 0.3 is 5.97 Å².